The maximum absolute atomic E-state index is 12.4. The van der Waals surface area contributed by atoms with E-state index in [0.717, 1.165) is 36.2 Å². The number of likely N-dealkylation sites (tertiary alicyclic amines) is 1. The number of piperidine rings is 1. The van der Waals surface area contributed by atoms with Gasteiger partial charge in [0.15, 0.2) is 11.7 Å². The second-order valence-corrected chi connectivity index (χ2v) is 8.03. The van der Waals surface area contributed by atoms with E-state index in [4.69, 9.17) is 16.0 Å². The minimum absolute atomic E-state index is 0.122. The molecule has 0 atom stereocenters. The molecule has 6 nitrogen and oxygen atoms in total. The monoisotopic (exact) mass is 437 g/mol. The van der Waals surface area contributed by atoms with Gasteiger partial charge in [0, 0.05) is 43.6 Å². The van der Waals surface area contributed by atoms with Crippen LogP contribution in [0.15, 0.2) is 59.1 Å². The van der Waals surface area contributed by atoms with Crippen LogP contribution < -0.4 is 5.32 Å². The summed E-state index contributed by atoms with van der Waals surface area (Å²) in [6, 6.07) is 15.0. The Morgan fingerprint density at radius 3 is 2.87 bits per heavy atom. The standard InChI is InChI=1S/C24H24ClN3O3/c25-20-9-2-1-8-19(20)21-15-26-23(31-21)12-11-22(29)27-18-7-5-6-17(14-18)16-28-13-4-3-10-24(28)30/h1-2,5-9,14-15H,3-4,10-13,16H2,(H,27,29). The number of aryl methyl sites for hydroxylation is 1. The Morgan fingerprint density at radius 2 is 2.03 bits per heavy atom. The number of anilines is 1. The van der Waals surface area contributed by atoms with Crippen LogP contribution in [0, 0.1) is 0 Å². The van der Waals surface area contributed by atoms with Crippen LogP contribution in [0.25, 0.3) is 11.3 Å². The number of nitrogens with zero attached hydrogens (tertiary/aromatic N) is 2. The van der Waals surface area contributed by atoms with Crippen LogP contribution in [-0.4, -0.2) is 28.2 Å². The molecule has 0 spiro atoms. The molecule has 0 saturated carbocycles. The van der Waals surface area contributed by atoms with E-state index in [2.05, 4.69) is 10.3 Å². The molecule has 2 aromatic carbocycles. The summed E-state index contributed by atoms with van der Waals surface area (Å²) >= 11 is 6.19. The van der Waals surface area contributed by atoms with E-state index in [9.17, 15) is 9.59 Å². The number of carbonyl (C=O) groups excluding carboxylic acids is 2. The Kier molecular flexibility index (Phi) is 6.67. The first kappa shape index (κ1) is 21.1. The van der Waals surface area contributed by atoms with E-state index in [1.54, 1.807) is 12.3 Å². The third kappa shape index (κ3) is 5.52. The highest BCUT2D eigenvalue weighted by Gasteiger charge is 2.18. The van der Waals surface area contributed by atoms with Crippen molar-refractivity contribution in [3.63, 3.8) is 0 Å². The maximum atomic E-state index is 12.4. The van der Waals surface area contributed by atoms with E-state index in [-0.39, 0.29) is 18.2 Å². The molecule has 160 valence electrons. The molecule has 1 aliphatic rings. The predicted octanol–water partition coefficient (Wildman–Crippen LogP) is 5.08. The van der Waals surface area contributed by atoms with Crippen molar-refractivity contribution in [1.29, 1.82) is 0 Å². The largest absolute Gasteiger partial charge is 0.441 e. The number of benzene rings is 2. The zero-order chi connectivity index (χ0) is 21.6. The summed E-state index contributed by atoms with van der Waals surface area (Å²) in [6.07, 6.45) is 4.89. The smallest absolute Gasteiger partial charge is 0.224 e. The summed E-state index contributed by atoms with van der Waals surface area (Å²) < 4.78 is 5.75. The topological polar surface area (TPSA) is 75.4 Å². The summed E-state index contributed by atoms with van der Waals surface area (Å²) in [7, 11) is 0. The molecular formula is C24H24ClN3O3. The zero-order valence-electron chi connectivity index (χ0n) is 17.1. The lowest BCUT2D eigenvalue weighted by Crippen LogP contribution is -2.34. The fourth-order valence-electron chi connectivity index (χ4n) is 3.65. The van der Waals surface area contributed by atoms with Gasteiger partial charge in [-0.15, -0.1) is 0 Å². The van der Waals surface area contributed by atoms with Crippen LogP contribution in [0.3, 0.4) is 0 Å². The van der Waals surface area contributed by atoms with Gasteiger partial charge in [-0.3, -0.25) is 9.59 Å². The minimum Gasteiger partial charge on any atom is -0.441 e. The van der Waals surface area contributed by atoms with Gasteiger partial charge in [0.1, 0.15) is 0 Å². The fourth-order valence-corrected chi connectivity index (χ4v) is 3.88. The van der Waals surface area contributed by atoms with Crippen molar-refractivity contribution in [2.75, 3.05) is 11.9 Å². The van der Waals surface area contributed by atoms with Crippen LogP contribution in [-0.2, 0) is 22.6 Å². The Hall–Kier alpha value is -3.12. The first-order valence-electron chi connectivity index (χ1n) is 10.4. The van der Waals surface area contributed by atoms with Crippen molar-refractivity contribution in [3.05, 3.63) is 71.2 Å². The highest BCUT2D eigenvalue weighted by atomic mass is 35.5. The Balaban J connectivity index is 1.31. The number of oxazole rings is 1. The van der Waals surface area contributed by atoms with E-state index in [1.807, 2.05) is 47.4 Å². The lowest BCUT2D eigenvalue weighted by atomic mass is 10.1. The van der Waals surface area contributed by atoms with Crippen LogP contribution >= 0.6 is 11.6 Å². The lowest BCUT2D eigenvalue weighted by molar-refractivity contribution is -0.133. The highest BCUT2D eigenvalue weighted by Crippen LogP contribution is 2.28. The van der Waals surface area contributed by atoms with Gasteiger partial charge in [-0.1, -0.05) is 35.9 Å². The quantitative estimate of drug-likeness (QED) is 0.559. The Labute approximate surface area is 186 Å². The van der Waals surface area contributed by atoms with Crippen LogP contribution in [0.2, 0.25) is 5.02 Å². The van der Waals surface area contributed by atoms with E-state index >= 15 is 0 Å². The first-order valence-corrected chi connectivity index (χ1v) is 10.8. The Bertz CT molecular complexity index is 1080. The van der Waals surface area contributed by atoms with Crippen molar-refractivity contribution in [1.82, 2.24) is 9.88 Å². The summed E-state index contributed by atoms with van der Waals surface area (Å²) in [5, 5.41) is 3.51. The third-order valence-corrected chi connectivity index (χ3v) is 5.59. The Morgan fingerprint density at radius 1 is 1.16 bits per heavy atom. The van der Waals surface area contributed by atoms with Crippen molar-refractivity contribution < 1.29 is 14.0 Å². The molecule has 31 heavy (non-hydrogen) atoms. The number of hydrogen-bond acceptors (Lipinski definition) is 4. The number of nitrogens with one attached hydrogen (secondary N) is 1. The summed E-state index contributed by atoms with van der Waals surface area (Å²) in [6.45, 7) is 1.37. The molecule has 3 aromatic rings. The second kappa shape index (κ2) is 9.79. The fraction of sp³-hybridized carbons (Fsp3) is 0.292. The normalized spacial score (nSPS) is 14.0. The van der Waals surface area contributed by atoms with Gasteiger partial charge < -0.3 is 14.6 Å². The number of aromatic nitrogens is 1. The van der Waals surface area contributed by atoms with Gasteiger partial charge in [0.05, 0.1) is 11.2 Å². The van der Waals surface area contributed by atoms with Crippen molar-refractivity contribution >= 4 is 29.1 Å². The number of halogens is 1. The van der Waals surface area contributed by atoms with Crippen molar-refractivity contribution in [3.8, 4) is 11.3 Å². The second-order valence-electron chi connectivity index (χ2n) is 7.62. The molecular weight excluding hydrogens is 414 g/mol. The molecule has 4 rings (SSSR count). The van der Waals surface area contributed by atoms with Gasteiger partial charge >= 0.3 is 0 Å². The van der Waals surface area contributed by atoms with Gasteiger partial charge in [-0.05, 0) is 42.7 Å². The van der Waals surface area contributed by atoms with Crippen LogP contribution in [0.5, 0.6) is 0 Å². The maximum Gasteiger partial charge on any atom is 0.224 e. The number of rotatable bonds is 7. The molecule has 7 heteroatoms. The molecule has 0 aliphatic carbocycles. The number of hydrogen-bond donors (Lipinski definition) is 1. The predicted molar refractivity (Wildman–Crippen MR) is 120 cm³/mol. The third-order valence-electron chi connectivity index (χ3n) is 5.26. The molecule has 0 radical (unpaired) electrons. The van der Waals surface area contributed by atoms with Gasteiger partial charge in [-0.2, -0.15) is 0 Å². The van der Waals surface area contributed by atoms with Crippen molar-refractivity contribution in [2.45, 2.75) is 38.6 Å². The van der Waals surface area contributed by atoms with Crippen LogP contribution in [0.1, 0.15) is 37.1 Å². The van der Waals surface area contributed by atoms with Crippen LogP contribution in [0.4, 0.5) is 5.69 Å². The molecule has 1 aliphatic heterocycles. The lowest BCUT2D eigenvalue weighted by Gasteiger charge is -2.26. The average Bonchev–Trinajstić information content (AvgIpc) is 3.23. The molecule has 1 N–H and O–H groups in total. The number of amides is 2. The SMILES string of the molecule is O=C(CCc1ncc(-c2ccccc2Cl)o1)Nc1cccc(CN2CCCCC2=O)c1. The summed E-state index contributed by atoms with van der Waals surface area (Å²) in [5.41, 5.74) is 2.50. The molecule has 2 amide bonds. The molecule has 1 aromatic heterocycles. The van der Waals surface area contributed by atoms with Gasteiger partial charge in [-0.25, -0.2) is 4.98 Å². The van der Waals surface area contributed by atoms with Gasteiger partial charge in [0.2, 0.25) is 11.8 Å². The molecule has 1 saturated heterocycles. The summed E-state index contributed by atoms with van der Waals surface area (Å²) in [5.74, 6) is 1.15. The summed E-state index contributed by atoms with van der Waals surface area (Å²) in [4.78, 5) is 30.6. The molecule has 0 unspecified atom stereocenters. The highest BCUT2D eigenvalue weighted by molar-refractivity contribution is 6.33. The first-order chi connectivity index (χ1) is 15.1. The van der Waals surface area contributed by atoms with Gasteiger partial charge in [0.25, 0.3) is 0 Å². The van der Waals surface area contributed by atoms with E-state index in [0.29, 0.717) is 36.1 Å². The van der Waals surface area contributed by atoms with Crippen molar-refractivity contribution in [2.24, 2.45) is 0 Å². The van der Waals surface area contributed by atoms with E-state index < -0.39 is 0 Å². The molecule has 2 heterocycles. The molecule has 0 bridgehead atoms. The molecule has 1 fully saturated rings. The number of carbonyl (C=O) groups is 2. The zero-order valence-corrected chi connectivity index (χ0v) is 17.9. The minimum atomic E-state index is -0.122. The van der Waals surface area contributed by atoms with E-state index in [1.165, 1.54) is 0 Å². The average molecular weight is 438 g/mol.